The molecule has 17 aromatic carbocycles. The van der Waals surface area contributed by atoms with Gasteiger partial charge in [-0.25, -0.2) is 24.9 Å². The van der Waals surface area contributed by atoms with Crippen LogP contribution in [0.15, 0.2) is 424 Å². The number of hydrogen-bond acceptors (Lipinski definition) is 11. The molecular formula is C126H88N12S2. The minimum absolute atomic E-state index is 0.132. The van der Waals surface area contributed by atoms with Gasteiger partial charge in [-0.05, 0) is 192 Å². The summed E-state index contributed by atoms with van der Waals surface area (Å²) in [6.45, 7) is 14.0. The van der Waals surface area contributed by atoms with Crippen LogP contribution < -0.4 is 0 Å². The second kappa shape index (κ2) is 33.1. The summed E-state index contributed by atoms with van der Waals surface area (Å²) in [6, 6.07) is 148. The Balaban J connectivity index is 0.000000108. The summed E-state index contributed by atoms with van der Waals surface area (Å²) in [4.78, 5) is 48.1. The molecule has 8 heterocycles. The molecule has 0 bridgehead atoms. The fourth-order valence-corrected chi connectivity index (χ4v) is 23.4. The third-order valence-corrected chi connectivity index (χ3v) is 30.8. The van der Waals surface area contributed by atoms with Crippen molar-refractivity contribution in [3.05, 3.63) is 457 Å². The predicted octanol–water partition coefficient (Wildman–Crippen LogP) is 32.1. The fourth-order valence-electron chi connectivity index (χ4n) is 21.7. The van der Waals surface area contributed by atoms with Gasteiger partial charge in [0.2, 0.25) is 11.9 Å². The van der Waals surface area contributed by atoms with Crippen molar-refractivity contribution in [2.45, 2.75) is 57.8 Å². The highest BCUT2D eigenvalue weighted by molar-refractivity contribution is 7.22. The molecule has 8 aromatic heterocycles. The maximum Gasteiger partial charge on any atom is 0.238 e. The second-order valence-electron chi connectivity index (χ2n) is 38.0. The van der Waals surface area contributed by atoms with Gasteiger partial charge in [0.25, 0.3) is 0 Å². The van der Waals surface area contributed by atoms with Gasteiger partial charge in [0, 0.05) is 108 Å². The quantitative estimate of drug-likeness (QED) is 0.117. The Hall–Kier alpha value is -17.2. The number of nitrogens with zero attached hydrogens (tertiary/aromatic N) is 12. The van der Waals surface area contributed by atoms with E-state index < -0.39 is 0 Å². The van der Waals surface area contributed by atoms with E-state index in [1.807, 2.05) is 145 Å². The number of rotatable bonds is 12. The summed E-state index contributed by atoms with van der Waals surface area (Å²) >= 11 is 3.60. The van der Waals surface area contributed by atoms with Crippen molar-refractivity contribution >= 4 is 98.2 Å². The van der Waals surface area contributed by atoms with E-state index >= 15 is 0 Å². The van der Waals surface area contributed by atoms with E-state index in [9.17, 15) is 0 Å². The van der Waals surface area contributed by atoms with Gasteiger partial charge in [-0.2, -0.15) is 19.9 Å². The maximum absolute atomic E-state index is 5.19. The summed E-state index contributed by atoms with van der Waals surface area (Å²) in [5, 5.41) is 10.7. The molecule has 140 heavy (non-hydrogen) atoms. The van der Waals surface area contributed by atoms with E-state index in [2.05, 4.69) is 346 Å². The Labute approximate surface area is 817 Å². The lowest BCUT2D eigenvalue weighted by atomic mass is 9.81. The molecule has 0 fully saturated rings. The molecule has 0 N–H and O–H groups in total. The van der Waals surface area contributed by atoms with Crippen LogP contribution in [0.25, 0.3) is 227 Å². The van der Waals surface area contributed by atoms with Crippen LogP contribution in [0.3, 0.4) is 0 Å². The molecule has 0 atom stereocenters. The van der Waals surface area contributed by atoms with Gasteiger partial charge >= 0.3 is 0 Å². The molecule has 28 rings (SSSR count). The van der Waals surface area contributed by atoms with E-state index in [0.29, 0.717) is 52.7 Å². The number of benzene rings is 17. The van der Waals surface area contributed by atoms with Gasteiger partial charge in [0.1, 0.15) is 0 Å². The first kappa shape index (κ1) is 83.4. The summed E-state index contributed by atoms with van der Waals surface area (Å²) in [5.74, 6) is 5.83. The van der Waals surface area contributed by atoms with Crippen LogP contribution in [0, 0.1) is 0 Å². The number of para-hydroxylation sites is 2. The lowest BCUT2D eigenvalue weighted by Crippen LogP contribution is -2.15. The van der Waals surface area contributed by atoms with Crippen LogP contribution in [0.5, 0.6) is 0 Å². The third-order valence-electron chi connectivity index (χ3n) is 28.7. The van der Waals surface area contributed by atoms with Crippen LogP contribution in [-0.4, -0.2) is 58.6 Å². The Morgan fingerprint density at radius 3 is 0.964 bits per heavy atom. The first-order valence-corrected chi connectivity index (χ1v) is 49.2. The van der Waals surface area contributed by atoms with Crippen molar-refractivity contribution in [1.82, 2.24) is 58.6 Å². The zero-order valence-electron chi connectivity index (χ0n) is 77.6. The smallest absolute Gasteiger partial charge is 0.238 e. The van der Waals surface area contributed by atoms with E-state index in [4.69, 9.17) is 44.9 Å². The highest BCUT2D eigenvalue weighted by Gasteiger charge is 2.41. The van der Waals surface area contributed by atoms with Crippen LogP contribution in [0.2, 0.25) is 0 Å². The Kier molecular flexibility index (Phi) is 19.7. The van der Waals surface area contributed by atoms with Gasteiger partial charge in [-0.15, -0.1) is 22.7 Å². The molecular weight excluding hydrogens is 1750 g/mol. The molecule has 0 aliphatic heterocycles. The number of hydrogen-bond donors (Lipinski definition) is 0. The minimum Gasteiger partial charge on any atom is -0.309 e. The molecule has 0 amide bonds. The van der Waals surface area contributed by atoms with E-state index in [1.54, 1.807) is 11.3 Å². The van der Waals surface area contributed by atoms with Crippen molar-refractivity contribution in [2.75, 3.05) is 0 Å². The van der Waals surface area contributed by atoms with Crippen LogP contribution >= 0.6 is 22.7 Å². The first-order chi connectivity index (χ1) is 68.6. The van der Waals surface area contributed by atoms with E-state index in [-0.39, 0.29) is 16.2 Å². The van der Waals surface area contributed by atoms with Crippen molar-refractivity contribution in [2.24, 2.45) is 0 Å². The van der Waals surface area contributed by atoms with Gasteiger partial charge in [-0.3, -0.25) is 9.13 Å². The molecule has 12 nitrogen and oxygen atoms in total. The molecule has 3 aliphatic carbocycles. The van der Waals surface area contributed by atoms with Crippen molar-refractivity contribution in [1.29, 1.82) is 0 Å². The molecule has 0 saturated heterocycles. The van der Waals surface area contributed by atoms with Gasteiger partial charge in [0.15, 0.2) is 40.8 Å². The molecule has 0 radical (unpaired) electrons. The lowest BCUT2D eigenvalue weighted by molar-refractivity contribution is 0.660. The summed E-state index contributed by atoms with van der Waals surface area (Å²) in [5.41, 5.74) is 32.4. The van der Waals surface area contributed by atoms with Gasteiger partial charge < -0.3 is 4.57 Å². The topological polar surface area (TPSA) is 131 Å². The molecule has 664 valence electrons. The monoisotopic (exact) mass is 1830 g/mol. The average molecular weight is 1830 g/mol. The van der Waals surface area contributed by atoms with Crippen LogP contribution in [0.4, 0.5) is 0 Å². The highest BCUT2D eigenvalue weighted by Crippen LogP contribution is 2.56. The van der Waals surface area contributed by atoms with Crippen molar-refractivity contribution < 1.29 is 0 Å². The average Bonchev–Trinajstić information content (AvgIpc) is 1.55. The molecule has 0 unspecified atom stereocenters. The predicted molar refractivity (Wildman–Crippen MR) is 577 cm³/mol. The zero-order valence-corrected chi connectivity index (χ0v) is 79.2. The first-order valence-electron chi connectivity index (χ1n) is 47.5. The molecule has 25 aromatic rings. The third kappa shape index (κ3) is 13.9. The van der Waals surface area contributed by atoms with Crippen molar-refractivity contribution in [3.8, 4) is 152 Å². The molecule has 0 saturated carbocycles. The number of aromatic nitrogens is 12. The maximum atomic E-state index is 5.19. The van der Waals surface area contributed by atoms with Crippen molar-refractivity contribution in [3.63, 3.8) is 0 Å². The van der Waals surface area contributed by atoms with Crippen LogP contribution in [-0.2, 0) is 16.2 Å². The largest absolute Gasteiger partial charge is 0.309 e. The summed E-state index contributed by atoms with van der Waals surface area (Å²) in [7, 11) is 0. The molecule has 14 heteroatoms. The van der Waals surface area contributed by atoms with E-state index in [0.717, 1.165) is 61.0 Å². The zero-order chi connectivity index (χ0) is 93.6. The number of fused-ring (bicyclic) bond motifs is 19. The Morgan fingerprint density at radius 1 is 0.200 bits per heavy atom. The standard InChI is InChI=1S/C44H30N4S.C42H30N4.C40H28N4S/c1-44(2)35-19-11-10-18-31(35)32-25-34-33-23-30(40-24-29-17-9-12-20-39(29)49-40)21-22-37(33)48(38(34)26-36(32)44)43-46-41(27-13-5-3-6-14-27)45-42(47-43)28-15-7-4-8-16-28;1-42(2)35-24-29(41-44-39(27-14-6-3-7-15-27)43-40(45-41)28-16-8-4-9-17-28)22-23-31(35)33-25-34-32-20-12-13-21-37(32)46(38(34)26-36(33)42)30-18-10-5-11-19-30;1-40(2)32-17-10-9-16-28(32)29-23-31-30-22-27(36-18-11-21-45-36)19-20-34(30)44(35(31)24-33(29)40)39-42-37(25-12-5-3-6-13-25)41-38(43-39)26-14-7-4-8-15-26/h3-26H,1-2H3;3-26H,1-2H3;3-24H,1-2H3. The van der Waals surface area contributed by atoms with Crippen LogP contribution in [0.1, 0.15) is 74.9 Å². The van der Waals surface area contributed by atoms with Gasteiger partial charge in [-0.1, -0.05) is 357 Å². The minimum atomic E-state index is -0.218. The normalized spacial score (nSPS) is 13.2. The molecule has 3 aliphatic rings. The summed E-state index contributed by atoms with van der Waals surface area (Å²) in [6.07, 6.45) is 0. The second-order valence-corrected chi connectivity index (χ2v) is 40.0. The summed E-state index contributed by atoms with van der Waals surface area (Å²) < 4.78 is 8.18. The SMILES string of the molecule is CC1(C)c2cc(-c3nc(-c4ccccc4)nc(-c4ccccc4)n3)ccc2-c2cc3c4ccccc4n(-c4ccccc4)c3cc21.CC1(C)c2ccccc2-c2cc3c4cc(-c5cc6ccccc6s5)ccc4n(-c4nc(-c5ccccc5)nc(-c5ccccc5)n4)c3cc21.CC1(C)c2ccccc2-c2cc3c4cc(-c5cccs5)ccc4n(-c4nc(-c5ccccc5)nc(-c5ccccc5)n4)c3cc21. The number of thiophene rings is 2. The Bertz CT molecular complexity index is 9040. The fraction of sp³-hybridized carbons (Fsp3) is 0.0714. The van der Waals surface area contributed by atoms with Gasteiger partial charge in [0.05, 0.1) is 33.1 Å². The van der Waals surface area contributed by atoms with E-state index in [1.165, 1.54) is 147 Å². The lowest BCUT2D eigenvalue weighted by Gasteiger charge is -2.22. The highest BCUT2D eigenvalue weighted by atomic mass is 32.1. The molecule has 0 spiro atoms. The Morgan fingerprint density at radius 2 is 0.529 bits per heavy atom.